The SMILES string of the molecule is CCOC(C)Oc1ccccc1C#CN(C)S(=O)(=O)c1ccc(C)cc1. The van der Waals surface area contributed by atoms with Crippen LogP contribution in [0.1, 0.15) is 25.0 Å². The molecule has 2 aromatic carbocycles. The normalized spacial score (nSPS) is 12.0. The third-order valence-corrected chi connectivity index (χ3v) is 5.29. The van der Waals surface area contributed by atoms with Gasteiger partial charge >= 0.3 is 0 Å². The van der Waals surface area contributed by atoms with Crippen molar-refractivity contribution in [2.24, 2.45) is 0 Å². The molecule has 0 fully saturated rings. The van der Waals surface area contributed by atoms with Gasteiger partial charge < -0.3 is 9.47 Å². The van der Waals surface area contributed by atoms with Crippen LogP contribution in [0, 0.1) is 18.9 Å². The fourth-order valence-electron chi connectivity index (χ4n) is 2.19. The zero-order chi connectivity index (χ0) is 19.2. The summed E-state index contributed by atoms with van der Waals surface area (Å²) in [5.41, 5.74) is 1.58. The lowest BCUT2D eigenvalue weighted by atomic mass is 10.2. The maximum Gasteiger partial charge on any atom is 0.270 e. The zero-order valence-corrected chi connectivity index (χ0v) is 16.2. The first kappa shape index (κ1) is 19.8. The van der Waals surface area contributed by atoms with Gasteiger partial charge in [0.15, 0.2) is 6.29 Å². The Balaban J connectivity index is 2.24. The van der Waals surface area contributed by atoms with Crippen molar-refractivity contribution in [2.75, 3.05) is 13.7 Å². The molecule has 26 heavy (non-hydrogen) atoms. The minimum absolute atomic E-state index is 0.203. The summed E-state index contributed by atoms with van der Waals surface area (Å²) >= 11 is 0. The largest absolute Gasteiger partial charge is 0.464 e. The van der Waals surface area contributed by atoms with Gasteiger partial charge in [0.1, 0.15) is 5.75 Å². The number of rotatable bonds is 6. The summed E-state index contributed by atoms with van der Waals surface area (Å²) in [5, 5.41) is 0. The first-order chi connectivity index (χ1) is 12.3. The maximum atomic E-state index is 12.6. The van der Waals surface area contributed by atoms with E-state index in [0.717, 1.165) is 9.87 Å². The van der Waals surface area contributed by atoms with Crippen LogP contribution in [-0.4, -0.2) is 32.7 Å². The fraction of sp³-hybridized carbons (Fsp3) is 0.300. The molecule has 138 valence electrons. The zero-order valence-electron chi connectivity index (χ0n) is 15.4. The van der Waals surface area contributed by atoms with Crippen LogP contribution in [0.15, 0.2) is 53.4 Å². The highest BCUT2D eigenvalue weighted by Gasteiger charge is 2.18. The molecule has 0 saturated heterocycles. The topological polar surface area (TPSA) is 55.8 Å². The minimum atomic E-state index is -3.68. The summed E-state index contributed by atoms with van der Waals surface area (Å²) in [6.07, 6.45) is -0.419. The monoisotopic (exact) mass is 373 g/mol. The Morgan fingerprint density at radius 2 is 1.77 bits per heavy atom. The summed E-state index contributed by atoms with van der Waals surface area (Å²) < 4.78 is 37.3. The fourth-order valence-corrected chi connectivity index (χ4v) is 3.15. The van der Waals surface area contributed by atoms with Crippen LogP contribution >= 0.6 is 0 Å². The molecule has 2 rings (SSSR count). The first-order valence-electron chi connectivity index (χ1n) is 8.29. The number of sulfonamides is 1. The van der Waals surface area contributed by atoms with Crippen molar-refractivity contribution in [1.82, 2.24) is 4.31 Å². The van der Waals surface area contributed by atoms with Crippen molar-refractivity contribution in [1.29, 1.82) is 0 Å². The van der Waals surface area contributed by atoms with Crippen molar-refractivity contribution >= 4 is 10.0 Å². The van der Waals surface area contributed by atoms with E-state index in [1.54, 1.807) is 43.3 Å². The standard InChI is InChI=1S/C20H23NO4S/c1-5-24-17(3)25-20-9-7-6-8-18(20)14-15-21(4)26(22,23)19-12-10-16(2)11-13-19/h6-13,17H,5H2,1-4H3. The van der Waals surface area contributed by atoms with E-state index in [1.165, 1.54) is 7.05 Å². The number of benzene rings is 2. The summed E-state index contributed by atoms with van der Waals surface area (Å²) in [6, 6.07) is 16.5. The van der Waals surface area contributed by atoms with Crippen LogP contribution in [0.25, 0.3) is 0 Å². The Labute approximate surface area is 155 Å². The molecular weight excluding hydrogens is 350 g/mol. The molecule has 0 aliphatic heterocycles. The Morgan fingerprint density at radius 3 is 2.42 bits per heavy atom. The molecule has 0 amide bonds. The molecule has 0 N–H and O–H groups in total. The van der Waals surface area contributed by atoms with Crippen molar-refractivity contribution in [2.45, 2.75) is 32.0 Å². The van der Waals surface area contributed by atoms with Gasteiger partial charge in [-0.25, -0.2) is 12.7 Å². The van der Waals surface area contributed by atoms with Gasteiger partial charge in [0.2, 0.25) is 0 Å². The Bertz CT molecular complexity index is 895. The number of para-hydroxylation sites is 1. The average molecular weight is 373 g/mol. The lowest BCUT2D eigenvalue weighted by Gasteiger charge is -2.15. The molecule has 0 aliphatic rings. The molecule has 0 bridgehead atoms. The molecule has 0 heterocycles. The van der Waals surface area contributed by atoms with Gasteiger partial charge in [-0.05, 0) is 51.0 Å². The van der Waals surface area contributed by atoms with E-state index in [4.69, 9.17) is 9.47 Å². The van der Waals surface area contributed by atoms with Crippen LogP contribution in [0.5, 0.6) is 5.75 Å². The van der Waals surface area contributed by atoms with Gasteiger partial charge in [0, 0.05) is 19.7 Å². The van der Waals surface area contributed by atoms with E-state index in [1.807, 2.05) is 26.0 Å². The maximum absolute atomic E-state index is 12.6. The highest BCUT2D eigenvalue weighted by Crippen LogP contribution is 2.19. The molecule has 1 unspecified atom stereocenters. The molecule has 6 heteroatoms. The molecule has 0 aliphatic carbocycles. The molecule has 0 radical (unpaired) electrons. The predicted octanol–water partition coefficient (Wildman–Crippen LogP) is 3.39. The Morgan fingerprint density at radius 1 is 1.12 bits per heavy atom. The van der Waals surface area contributed by atoms with Crippen molar-refractivity contribution in [3.63, 3.8) is 0 Å². The molecule has 0 aromatic heterocycles. The summed E-state index contributed by atoms with van der Waals surface area (Å²) in [5.74, 6) is 3.41. The molecule has 0 spiro atoms. The van der Waals surface area contributed by atoms with Gasteiger partial charge in [0.25, 0.3) is 10.0 Å². The van der Waals surface area contributed by atoms with E-state index >= 15 is 0 Å². The predicted molar refractivity (Wildman–Crippen MR) is 101 cm³/mol. The lowest BCUT2D eigenvalue weighted by Crippen LogP contribution is -2.22. The first-order valence-corrected chi connectivity index (χ1v) is 9.73. The second-order valence-corrected chi connectivity index (χ2v) is 7.63. The van der Waals surface area contributed by atoms with Gasteiger partial charge in [-0.3, -0.25) is 0 Å². The highest BCUT2D eigenvalue weighted by atomic mass is 32.2. The molecule has 1 atom stereocenters. The molecule has 0 saturated carbocycles. The third kappa shape index (κ3) is 5.01. The van der Waals surface area contributed by atoms with Crippen molar-refractivity contribution in [3.8, 4) is 17.7 Å². The van der Waals surface area contributed by atoms with E-state index in [9.17, 15) is 8.42 Å². The summed E-state index contributed by atoms with van der Waals surface area (Å²) in [6.45, 7) is 6.12. The third-order valence-electron chi connectivity index (χ3n) is 3.61. The minimum Gasteiger partial charge on any atom is -0.464 e. The summed E-state index contributed by atoms with van der Waals surface area (Å²) in [7, 11) is -2.25. The second-order valence-electron chi connectivity index (χ2n) is 5.66. The van der Waals surface area contributed by atoms with Gasteiger partial charge in [-0.15, -0.1) is 0 Å². The Kier molecular flexibility index (Phi) is 6.67. The second kappa shape index (κ2) is 8.75. The average Bonchev–Trinajstić information content (AvgIpc) is 2.61. The van der Waals surface area contributed by atoms with Crippen molar-refractivity contribution in [3.05, 3.63) is 59.7 Å². The highest BCUT2D eigenvalue weighted by molar-refractivity contribution is 7.89. The van der Waals surface area contributed by atoms with Gasteiger partial charge in [0.05, 0.1) is 10.5 Å². The van der Waals surface area contributed by atoms with Crippen LogP contribution in [0.4, 0.5) is 0 Å². The smallest absolute Gasteiger partial charge is 0.270 e. The summed E-state index contributed by atoms with van der Waals surface area (Å²) in [4.78, 5) is 0.203. The van der Waals surface area contributed by atoms with E-state index in [-0.39, 0.29) is 4.90 Å². The van der Waals surface area contributed by atoms with E-state index in [2.05, 4.69) is 12.0 Å². The van der Waals surface area contributed by atoms with E-state index < -0.39 is 16.3 Å². The quantitative estimate of drug-likeness (QED) is 0.442. The van der Waals surface area contributed by atoms with Crippen molar-refractivity contribution < 1.29 is 17.9 Å². The number of ether oxygens (including phenoxy) is 2. The molecular formula is C20H23NO4S. The Hall–Kier alpha value is -2.49. The number of aryl methyl sites for hydroxylation is 1. The van der Waals surface area contributed by atoms with Crippen LogP contribution < -0.4 is 4.74 Å². The number of hydrogen-bond donors (Lipinski definition) is 0. The lowest BCUT2D eigenvalue weighted by molar-refractivity contribution is -0.0614. The number of nitrogens with zero attached hydrogens (tertiary/aromatic N) is 1. The number of hydrogen-bond acceptors (Lipinski definition) is 4. The van der Waals surface area contributed by atoms with Crippen LogP contribution in [-0.2, 0) is 14.8 Å². The molecule has 2 aromatic rings. The van der Waals surface area contributed by atoms with Gasteiger partial charge in [-0.1, -0.05) is 29.8 Å². The van der Waals surface area contributed by atoms with Gasteiger partial charge in [-0.2, -0.15) is 0 Å². The van der Waals surface area contributed by atoms with E-state index in [0.29, 0.717) is 17.9 Å². The van der Waals surface area contributed by atoms with Crippen LogP contribution in [0.3, 0.4) is 0 Å². The molecule has 5 nitrogen and oxygen atoms in total. The van der Waals surface area contributed by atoms with Crippen LogP contribution in [0.2, 0.25) is 0 Å².